The van der Waals surface area contributed by atoms with Gasteiger partial charge in [0.2, 0.25) is 15.9 Å². The Hall–Kier alpha value is -4.98. The third kappa shape index (κ3) is 5.80. The van der Waals surface area contributed by atoms with E-state index >= 15 is 0 Å². The van der Waals surface area contributed by atoms with Gasteiger partial charge in [0.05, 0.1) is 29.7 Å². The molecule has 9 nitrogen and oxygen atoms in total. The van der Waals surface area contributed by atoms with E-state index in [1.54, 1.807) is 66.9 Å². The van der Waals surface area contributed by atoms with E-state index in [1.807, 2.05) is 48.5 Å². The van der Waals surface area contributed by atoms with Gasteiger partial charge in [-0.3, -0.25) is 4.79 Å². The molecule has 10 heteroatoms. The minimum Gasteiger partial charge on any atom is -0.497 e. The van der Waals surface area contributed by atoms with Crippen molar-refractivity contribution in [2.24, 2.45) is 0 Å². The van der Waals surface area contributed by atoms with E-state index in [1.165, 1.54) is 4.31 Å². The van der Waals surface area contributed by atoms with Gasteiger partial charge in [-0.15, -0.1) is 0 Å². The van der Waals surface area contributed by atoms with E-state index in [4.69, 9.17) is 4.74 Å². The first-order valence-corrected chi connectivity index (χ1v) is 15.7. The van der Waals surface area contributed by atoms with Crippen molar-refractivity contribution in [1.82, 2.24) is 19.2 Å². The molecule has 0 aliphatic carbocycles. The molecule has 0 bridgehead atoms. The topological polar surface area (TPSA) is 119 Å². The fourth-order valence-corrected chi connectivity index (χ4v) is 7.64. The summed E-state index contributed by atoms with van der Waals surface area (Å²) < 4.78 is 36.3. The van der Waals surface area contributed by atoms with Gasteiger partial charge in [-0.1, -0.05) is 54.6 Å². The Balaban J connectivity index is 1.44. The Bertz CT molecular complexity index is 1940. The molecule has 1 aliphatic heterocycles. The van der Waals surface area contributed by atoms with Crippen LogP contribution in [0.15, 0.2) is 108 Å². The zero-order chi connectivity index (χ0) is 30.7. The molecule has 0 spiro atoms. The number of benzene rings is 4. The molecule has 6 rings (SSSR count). The zero-order valence-electron chi connectivity index (χ0n) is 24.1. The first-order chi connectivity index (χ1) is 21.4. The second kappa shape index (κ2) is 12.3. The average molecular weight is 606 g/mol. The van der Waals surface area contributed by atoms with Crippen LogP contribution in [-0.2, 0) is 27.8 Å². The lowest BCUT2D eigenvalue weighted by molar-refractivity contribution is -0.131. The highest BCUT2D eigenvalue weighted by Crippen LogP contribution is 2.36. The lowest BCUT2D eigenvalue weighted by atomic mass is 10.0. The number of sulfonamides is 1. The standard InChI is InChI=1S/C34H31N5O4S/c1-43-29-12-10-27-11-13-30(21-28(27)20-29)44(41,42)39(32(33-36-15-16-37-33)19-24-6-3-2-4-7-24)31-14-17-38(34(31)40)23-26-9-5-8-25(18-26)22-35/h2-13,15-16,18,20-21,31-32H,14,17,19,23H2,1H3,(H,36,37)/t31-,32?/m0/s1. The van der Waals surface area contributed by atoms with Crippen LogP contribution < -0.4 is 4.74 Å². The molecule has 1 unspecified atom stereocenters. The maximum Gasteiger partial charge on any atom is 0.244 e. The number of nitriles is 1. The summed E-state index contributed by atoms with van der Waals surface area (Å²) in [6.45, 7) is 0.649. The first-order valence-electron chi connectivity index (χ1n) is 14.3. The van der Waals surface area contributed by atoms with Crippen molar-refractivity contribution in [1.29, 1.82) is 5.26 Å². The van der Waals surface area contributed by atoms with Gasteiger partial charge in [0.25, 0.3) is 0 Å². The summed E-state index contributed by atoms with van der Waals surface area (Å²) in [4.78, 5) is 23.5. The van der Waals surface area contributed by atoms with E-state index in [0.717, 1.165) is 16.5 Å². The lowest BCUT2D eigenvalue weighted by Crippen LogP contribution is -2.48. The maximum absolute atomic E-state index is 14.8. The van der Waals surface area contributed by atoms with Gasteiger partial charge in [-0.05, 0) is 71.1 Å². The van der Waals surface area contributed by atoms with Crippen LogP contribution in [0.1, 0.15) is 35.0 Å². The van der Waals surface area contributed by atoms with Gasteiger partial charge in [0, 0.05) is 25.5 Å². The summed E-state index contributed by atoms with van der Waals surface area (Å²) >= 11 is 0. The number of H-pyrrole nitrogens is 1. The van der Waals surface area contributed by atoms with Gasteiger partial charge < -0.3 is 14.6 Å². The second-order valence-corrected chi connectivity index (χ2v) is 12.6. The number of carbonyl (C=O) groups excluding carboxylic acids is 1. The van der Waals surface area contributed by atoms with Crippen molar-refractivity contribution in [3.63, 3.8) is 0 Å². The molecule has 1 fully saturated rings. The average Bonchev–Trinajstić information content (AvgIpc) is 3.71. The highest BCUT2D eigenvalue weighted by Gasteiger charge is 2.46. The Morgan fingerprint density at radius 3 is 2.57 bits per heavy atom. The largest absolute Gasteiger partial charge is 0.497 e. The Kier molecular flexibility index (Phi) is 8.15. The third-order valence-corrected chi connectivity index (χ3v) is 9.93. The number of carbonyl (C=O) groups is 1. The predicted molar refractivity (Wildman–Crippen MR) is 166 cm³/mol. The number of imidazole rings is 1. The number of methoxy groups -OCH3 is 1. The van der Waals surface area contributed by atoms with Gasteiger partial charge >= 0.3 is 0 Å². The monoisotopic (exact) mass is 605 g/mol. The van der Waals surface area contributed by atoms with Crippen LogP contribution in [0.4, 0.5) is 0 Å². The summed E-state index contributed by atoms with van der Waals surface area (Å²) in [5.41, 5.74) is 2.22. The highest BCUT2D eigenvalue weighted by molar-refractivity contribution is 7.89. The Morgan fingerprint density at radius 1 is 1.02 bits per heavy atom. The van der Waals surface area contributed by atoms with E-state index in [2.05, 4.69) is 16.0 Å². The number of amides is 1. The van der Waals surface area contributed by atoms with E-state index in [-0.39, 0.29) is 17.3 Å². The van der Waals surface area contributed by atoms with Crippen LogP contribution in [-0.4, -0.2) is 53.2 Å². The number of nitrogens with one attached hydrogen (secondary N) is 1. The van der Waals surface area contributed by atoms with Crippen LogP contribution in [0.5, 0.6) is 5.75 Å². The molecule has 1 N–H and O–H groups in total. The Labute approximate surface area is 256 Å². The number of hydrogen-bond acceptors (Lipinski definition) is 6. The number of hydrogen-bond donors (Lipinski definition) is 1. The maximum atomic E-state index is 14.8. The lowest BCUT2D eigenvalue weighted by Gasteiger charge is -2.34. The van der Waals surface area contributed by atoms with Crippen molar-refractivity contribution < 1.29 is 17.9 Å². The minimum atomic E-state index is -4.24. The SMILES string of the molecule is COc1ccc2ccc(S(=O)(=O)N(C(Cc3ccccc3)c3ncc[nH]3)[C@H]3CCN(Cc4cccc(C#N)c4)C3=O)cc2c1. The summed E-state index contributed by atoms with van der Waals surface area (Å²) in [6, 6.07) is 27.6. The van der Waals surface area contributed by atoms with Crippen LogP contribution in [0, 0.1) is 11.3 Å². The molecule has 1 amide bonds. The predicted octanol–water partition coefficient (Wildman–Crippen LogP) is 5.22. The molecule has 44 heavy (non-hydrogen) atoms. The van der Waals surface area contributed by atoms with Gasteiger partial charge in [-0.25, -0.2) is 13.4 Å². The quantitative estimate of drug-likeness (QED) is 0.233. The summed E-state index contributed by atoms with van der Waals surface area (Å²) in [5, 5.41) is 10.9. The molecule has 5 aromatic rings. The molecule has 1 aromatic heterocycles. The summed E-state index contributed by atoms with van der Waals surface area (Å²) in [7, 11) is -2.67. The van der Waals surface area contributed by atoms with Crippen LogP contribution in [0.25, 0.3) is 10.8 Å². The molecule has 222 valence electrons. The number of fused-ring (bicyclic) bond motifs is 1. The van der Waals surface area contributed by atoms with Crippen LogP contribution >= 0.6 is 0 Å². The molecule has 1 saturated heterocycles. The van der Waals surface area contributed by atoms with Crippen molar-refractivity contribution in [3.8, 4) is 11.8 Å². The molecule has 4 aromatic carbocycles. The number of ether oxygens (including phenoxy) is 1. The van der Waals surface area contributed by atoms with Gasteiger partial charge in [-0.2, -0.15) is 9.57 Å². The van der Waals surface area contributed by atoms with E-state index in [9.17, 15) is 18.5 Å². The number of rotatable bonds is 10. The third-order valence-electron chi connectivity index (χ3n) is 8.01. The molecule has 1 aliphatic rings. The van der Waals surface area contributed by atoms with Crippen molar-refractivity contribution in [3.05, 3.63) is 126 Å². The number of nitrogens with zero attached hydrogens (tertiary/aromatic N) is 4. The number of likely N-dealkylation sites (tertiary alicyclic amines) is 1. The number of aromatic amines is 1. The van der Waals surface area contributed by atoms with Crippen LogP contribution in [0.3, 0.4) is 0 Å². The van der Waals surface area contributed by atoms with Crippen molar-refractivity contribution in [2.75, 3.05) is 13.7 Å². The van der Waals surface area contributed by atoms with Gasteiger partial charge in [0.1, 0.15) is 17.6 Å². The van der Waals surface area contributed by atoms with E-state index in [0.29, 0.717) is 41.9 Å². The minimum absolute atomic E-state index is 0.0795. The highest BCUT2D eigenvalue weighted by atomic mass is 32.2. The van der Waals surface area contributed by atoms with Crippen molar-refractivity contribution >= 4 is 26.7 Å². The van der Waals surface area contributed by atoms with Crippen LogP contribution in [0.2, 0.25) is 0 Å². The molecule has 2 heterocycles. The van der Waals surface area contributed by atoms with Gasteiger partial charge in [0.15, 0.2) is 0 Å². The second-order valence-electron chi connectivity index (χ2n) is 10.8. The summed E-state index contributed by atoms with van der Waals surface area (Å²) in [5.74, 6) is 0.777. The zero-order valence-corrected chi connectivity index (χ0v) is 24.9. The molecule has 2 atom stereocenters. The molecule has 0 saturated carbocycles. The molecule has 0 radical (unpaired) electrons. The first kappa shape index (κ1) is 29.1. The smallest absolute Gasteiger partial charge is 0.244 e. The molecular weight excluding hydrogens is 574 g/mol. The fourth-order valence-electron chi connectivity index (χ4n) is 5.84. The fraction of sp³-hybridized carbons (Fsp3) is 0.206. The van der Waals surface area contributed by atoms with E-state index < -0.39 is 22.1 Å². The molecular formula is C34H31N5O4S. The normalized spacial score (nSPS) is 15.9. The Morgan fingerprint density at radius 2 is 1.82 bits per heavy atom. The summed E-state index contributed by atoms with van der Waals surface area (Å²) in [6.07, 6.45) is 3.86. The van der Waals surface area contributed by atoms with Crippen molar-refractivity contribution in [2.45, 2.75) is 36.4 Å². The number of aromatic nitrogens is 2.